The molecule has 0 saturated carbocycles. The van der Waals surface area contributed by atoms with Gasteiger partial charge in [-0.25, -0.2) is 0 Å². The van der Waals surface area contributed by atoms with Crippen LogP contribution in [0, 0.1) is 0 Å². The third kappa shape index (κ3) is 5.47. The fourth-order valence-corrected chi connectivity index (χ4v) is 1.36. The van der Waals surface area contributed by atoms with E-state index in [9.17, 15) is 4.79 Å². The minimum atomic E-state index is -0.0607. The third-order valence-electron chi connectivity index (χ3n) is 2.17. The fraction of sp³-hybridized carbons (Fsp3) is 0.462. The van der Waals surface area contributed by atoms with Crippen molar-refractivity contribution in [2.75, 3.05) is 11.9 Å². The molecule has 0 aliphatic heterocycles. The first-order valence-corrected chi connectivity index (χ1v) is 5.82. The Bertz CT molecular complexity index is 364. The Kier molecular flexibility index (Phi) is 5.66. The summed E-state index contributed by atoms with van der Waals surface area (Å²) in [6.07, 6.45) is 0.540. The molecule has 4 nitrogen and oxygen atoms in total. The van der Waals surface area contributed by atoms with Gasteiger partial charge in [0.15, 0.2) is 0 Å². The van der Waals surface area contributed by atoms with Gasteiger partial charge in [-0.3, -0.25) is 4.79 Å². The second-order valence-electron chi connectivity index (χ2n) is 4.15. The van der Waals surface area contributed by atoms with Crippen LogP contribution >= 0.6 is 0 Å². The molecule has 17 heavy (non-hydrogen) atoms. The molecular formula is C13H20N2O2. The molecule has 0 saturated heterocycles. The first kappa shape index (κ1) is 13.7. The number of amides is 1. The van der Waals surface area contributed by atoms with E-state index in [1.165, 1.54) is 0 Å². The molecule has 0 aliphatic carbocycles. The summed E-state index contributed by atoms with van der Waals surface area (Å²) in [5.74, 6) is -0.0607. The van der Waals surface area contributed by atoms with E-state index in [0.29, 0.717) is 19.6 Å². The van der Waals surface area contributed by atoms with Crippen LogP contribution in [0.25, 0.3) is 0 Å². The van der Waals surface area contributed by atoms with E-state index in [1.807, 2.05) is 38.1 Å². The molecule has 1 rings (SSSR count). The van der Waals surface area contributed by atoms with Gasteiger partial charge in [-0.15, -0.1) is 0 Å². The SMILES string of the molecule is CC(C)OCc1cccc(NC(=O)CCN)c1. The van der Waals surface area contributed by atoms with Gasteiger partial charge in [0.1, 0.15) is 0 Å². The van der Waals surface area contributed by atoms with Gasteiger partial charge in [-0.2, -0.15) is 0 Å². The first-order valence-electron chi connectivity index (χ1n) is 5.82. The van der Waals surface area contributed by atoms with Gasteiger partial charge in [-0.05, 0) is 31.5 Å². The Morgan fingerprint density at radius 2 is 2.24 bits per heavy atom. The molecule has 1 aromatic rings. The lowest BCUT2D eigenvalue weighted by Gasteiger charge is -2.09. The lowest BCUT2D eigenvalue weighted by molar-refractivity contribution is -0.116. The molecule has 0 atom stereocenters. The van der Waals surface area contributed by atoms with Gasteiger partial charge >= 0.3 is 0 Å². The van der Waals surface area contributed by atoms with E-state index < -0.39 is 0 Å². The average molecular weight is 236 g/mol. The predicted molar refractivity (Wildman–Crippen MR) is 68.7 cm³/mol. The molecule has 0 radical (unpaired) electrons. The van der Waals surface area contributed by atoms with Gasteiger partial charge in [0.05, 0.1) is 12.7 Å². The van der Waals surface area contributed by atoms with Crippen LogP contribution in [0.3, 0.4) is 0 Å². The number of anilines is 1. The van der Waals surface area contributed by atoms with Crippen molar-refractivity contribution in [3.63, 3.8) is 0 Å². The van der Waals surface area contributed by atoms with E-state index in [2.05, 4.69) is 5.32 Å². The number of hydrogen-bond acceptors (Lipinski definition) is 3. The summed E-state index contributed by atoms with van der Waals surface area (Å²) in [4.78, 5) is 11.4. The number of carbonyl (C=O) groups is 1. The van der Waals surface area contributed by atoms with Crippen molar-refractivity contribution in [2.24, 2.45) is 5.73 Å². The zero-order chi connectivity index (χ0) is 12.7. The van der Waals surface area contributed by atoms with E-state index in [1.54, 1.807) is 0 Å². The third-order valence-corrected chi connectivity index (χ3v) is 2.17. The number of carbonyl (C=O) groups excluding carboxylic acids is 1. The highest BCUT2D eigenvalue weighted by molar-refractivity contribution is 5.90. The maximum absolute atomic E-state index is 11.4. The Morgan fingerprint density at radius 3 is 2.88 bits per heavy atom. The second-order valence-corrected chi connectivity index (χ2v) is 4.15. The van der Waals surface area contributed by atoms with Gasteiger partial charge in [0.25, 0.3) is 0 Å². The summed E-state index contributed by atoms with van der Waals surface area (Å²) >= 11 is 0. The van der Waals surface area contributed by atoms with Crippen LogP contribution in [0.2, 0.25) is 0 Å². The van der Waals surface area contributed by atoms with Crippen molar-refractivity contribution < 1.29 is 9.53 Å². The molecule has 94 valence electrons. The molecule has 3 N–H and O–H groups in total. The number of rotatable bonds is 6. The van der Waals surface area contributed by atoms with Gasteiger partial charge in [-0.1, -0.05) is 12.1 Å². The molecule has 0 spiro atoms. The first-order chi connectivity index (χ1) is 8.11. The number of nitrogens with two attached hydrogens (primary N) is 1. The minimum absolute atomic E-state index is 0.0607. The average Bonchev–Trinajstić information content (AvgIpc) is 2.27. The van der Waals surface area contributed by atoms with Crippen molar-refractivity contribution in [1.29, 1.82) is 0 Å². The summed E-state index contributed by atoms with van der Waals surface area (Å²) in [5, 5.41) is 2.80. The van der Waals surface area contributed by atoms with E-state index in [4.69, 9.17) is 10.5 Å². The number of benzene rings is 1. The fourth-order valence-electron chi connectivity index (χ4n) is 1.36. The summed E-state index contributed by atoms with van der Waals surface area (Å²) in [6.45, 7) is 4.90. The van der Waals surface area contributed by atoms with Gasteiger partial charge in [0, 0.05) is 18.7 Å². The van der Waals surface area contributed by atoms with Crippen molar-refractivity contribution in [3.8, 4) is 0 Å². The topological polar surface area (TPSA) is 64.3 Å². The van der Waals surface area contributed by atoms with Crippen LogP contribution < -0.4 is 11.1 Å². The molecular weight excluding hydrogens is 216 g/mol. The van der Waals surface area contributed by atoms with Crippen LogP contribution in [0.15, 0.2) is 24.3 Å². The molecule has 0 fully saturated rings. The van der Waals surface area contributed by atoms with Crippen LogP contribution in [0.1, 0.15) is 25.8 Å². The van der Waals surface area contributed by atoms with Crippen LogP contribution in [0.4, 0.5) is 5.69 Å². The lowest BCUT2D eigenvalue weighted by Crippen LogP contribution is -2.16. The van der Waals surface area contributed by atoms with E-state index in [-0.39, 0.29) is 12.0 Å². The van der Waals surface area contributed by atoms with Crippen molar-refractivity contribution in [1.82, 2.24) is 0 Å². The lowest BCUT2D eigenvalue weighted by atomic mass is 10.2. The highest BCUT2D eigenvalue weighted by atomic mass is 16.5. The smallest absolute Gasteiger partial charge is 0.225 e. The van der Waals surface area contributed by atoms with Crippen LogP contribution in [-0.2, 0) is 16.1 Å². The second kappa shape index (κ2) is 7.04. The molecule has 0 bridgehead atoms. The molecule has 0 unspecified atom stereocenters. The van der Waals surface area contributed by atoms with Crippen molar-refractivity contribution in [2.45, 2.75) is 33.0 Å². The summed E-state index contributed by atoms with van der Waals surface area (Å²) < 4.78 is 5.50. The molecule has 0 aliphatic rings. The minimum Gasteiger partial charge on any atom is -0.374 e. The zero-order valence-electron chi connectivity index (χ0n) is 10.4. The maximum Gasteiger partial charge on any atom is 0.225 e. The van der Waals surface area contributed by atoms with Crippen LogP contribution in [-0.4, -0.2) is 18.6 Å². The highest BCUT2D eigenvalue weighted by Crippen LogP contribution is 2.12. The predicted octanol–water partition coefficient (Wildman–Crippen LogP) is 1.90. The molecule has 0 aromatic heterocycles. The summed E-state index contributed by atoms with van der Waals surface area (Å²) in [5.41, 5.74) is 7.14. The molecule has 1 amide bonds. The Hall–Kier alpha value is -1.39. The van der Waals surface area contributed by atoms with E-state index >= 15 is 0 Å². The Labute approximate surface area is 102 Å². The van der Waals surface area contributed by atoms with Crippen molar-refractivity contribution in [3.05, 3.63) is 29.8 Å². The molecule has 0 heterocycles. The quantitative estimate of drug-likeness (QED) is 0.793. The summed E-state index contributed by atoms with van der Waals surface area (Å²) in [6, 6.07) is 7.64. The number of nitrogens with one attached hydrogen (secondary N) is 1. The van der Waals surface area contributed by atoms with Gasteiger partial charge in [0.2, 0.25) is 5.91 Å². The molecule has 1 aromatic carbocycles. The van der Waals surface area contributed by atoms with E-state index in [0.717, 1.165) is 11.3 Å². The number of ether oxygens (including phenoxy) is 1. The molecule has 4 heteroatoms. The standard InChI is InChI=1S/C13H20N2O2/c1-10(2)17-9-11-4-3-5-12(8-11)15-13(16)6-7-14/h3-5,8,10H,6-7,9,14H2,1-2H3,(H,15,16). The van der Waals surface area contributed by atoms with Gasteiger partial charge < -0.3 is 15.8 Å². The maximum atomic E-state index is 11.4. The Morgan fingerprint density at radius 1 is 1.47 bits per heavy atom. The highest BCUT2D eigenvalue weighted by Gasteiger charge is 2.02. The summed E-state index contributed by atoms with van der Waals surface area (Å²) in [7, 11) is 0. The monoisotopic (exact) mass is 236 g/mol. The zero-order valence-corrected chi connectivity index (χ0v) is 10.4. The van der Waals surface area contributed by atoms with Crippen LogP contribution in [0.5, 0.6) is 0 Å². The Balaban J connectivity index is 2.56. The number of hydrogen-bond donors (Lipinski definition) is 2. The largest absolute Gasteiger partial charge is 0.374 e. The van der Waals surface area contributed by atoms with Crippen molar-refractivity contribution >= 4 is 11.6 Å². The normalized spacial score (nSPS) is 10.6.